The maximum atomic E-state index is 10.6. The first-order valence-electron chi connectivity index (χ1n) is 4.73. The molecule has 2 aromatic rings. The van der Waals surface area contributed by atoms with E-state index < -0.39 is 5.97 Å². The van der Waals surface area contributed by atoms with Crippen molar-refractivity contribution in [3.63, 3.8) is 0 Å². The van der Waals surface area contributed by atoms with Crippen LogP contribution in [-0.4, -0.2) is 11.1 Å². The fraction of sp³-hybridized carbons (Fsp3) is 0.0833. The molecule has 0 bridgehead atoms. The molecule has 82 valence electrons. The number of rotatable bonds is 3. The Balaban J connectivity index is 2.21. The topological polar surface area (TPSA) is 50.4 Å². The van der Waals surface area contributed by atoms with Gasteiger partial charge in [-0.1, -0.05) is 30.0 Å². The van der Waals surface area contributed by atoms with Crippen molar-refractivity contribution in [2.75, 3.05) is 0 Å². The van der Waals surface area contributed by atoms with Gasteiger partial charge in [-0.15, -0.1) is 0 Å². The predicted octanol–water partition coefficient (Wildman–Crippen LogP) is 3.44. The quantitative estimate of drug-likeness (QED) is 0.883. The third kappa shape index (κ3) is 2.28. The smallest absolute Gasteiger partial charge is 0.371 e. The minimum Gasteiger partial charge on any atom is -0.475 e. The van der Waals surface area contributed by atoms with Crippen LogP contribution in [0.4, 0.5) is 0 Å². The molecule has 2 rings (SSSR count). The van der Waals surface area contributed by atoms with Crippen LogP contribution in [-0.2, 0) is 0 Å². The monoisotopic (exact) mass is 234 g/mol. The first-order chi connectivity index (χ1) is 7.66. The molecular weight excluding hydrogens is 224 g/mol. The minimum atomic E-state index is -1.04. The number of hydrogen-bond acceptors (Lipinski definition) is 3. The molecule has 16 heavy (non-hydrogen) atoms. The SMILES string of the molecule is Cc1ccccc1Sc1ccc(C(=O)O)o1. The molecule has 0 spiro atoms. The summed E-state index contributed by atoms with van der Waals surface area (Å²) in [4.78, 5) is 11.7. The van der Waals surface area contributed by atoms with Gasteiger partial charge in [-0.2, -0.15) is 0 Å². The van der Waals surface area contributed by atoms with E-state index in [0.717, 1.165) is 10.5 Å². The van der Waals surface area contributed by atoms with Gasteiger partial charge in [-0.05, 0) is 30.7 Å². The molecule has 0 atom stereocenters. The molecule has 1 aromatic carbocycles. The molecule has 0 fully saturated rings. The number of carbonyl (C=O) groups is 1. The fourth-order valence-corrected chi connectivity index (χ4v) is 2.13. The van der Waals surface area contributed by atoms with Crippen LogP contribution in [0.3, 0.4) is 0 Å². The molecule has 0 aliphatic carbocycles. The van der Waals surface area contributed by atoms with E-state index in [4.69, 9.17) is 9.52 Å². The first-order valence-corrected chi connectivity index (χ1v) is 5.55. The van der Waals surface area contributed by atoms with E-state index in [-0.39, 0.29) is 5.76 Å². The standard InChI is InChI=1S/C12H10O3S/c1-8-4-2-3-5-10(8)16-11-7-6-9(15-11)12(13)14/h2-7H,1H3,(H,13,14). The van der Waals surface area contributed by atoms with Gasteiger partial charge in [-0.3, -0.25) is 0 Å². The lowest BCUT2D eigenvalue weighted by Crippen LogP contribution is -1.91. The Labute approximate surface area is 97.1 Å². The summed E-state index contributed by atoms with van der Waals surface area (Å²) in [7, 11) is 0. The van der Waals surface area contributed by atoms with Gasteiger partial charge < -0.3 is 9.52 Å². The summed E-state index contributed by atoms with van der Waals surface area (Å²) in [5, 5.41) is 9.31. The summed E-state index contributed by atoms with van der Waals surface area (Å²) < 4.78 is 5.17. The van der Waals surface area contributed by atoms with E-state index in [0.29, 0.717) is 5.09 Å². The molecule has 0 aliphatic rings. The van der Waals surface area contributed by atoms with Gasteiger partial charge in [0.2, 0.25) is 5.76 Å². The number of carboxylic acids is 1. The zero-order valence-electron chi connectivity index (χ0n) is 8.64. The largest absolute Gasteiger partial charge is 0.475 e. The van der Waals surface area contributed by atoms with Gasteiger partial charge in [0.1, 0.15) is 0 Å². The van der Waals surface area contributed by atoms with Gasteiger partial charge >= 0.3 is 5.97 Å². The van der Waals surface area contributed by atoms with Crippen molar-refractivity contribution in [1.82, 2.24) is 0 Å². The van der Waals surface area contributed by atoms with Crippen molar-refractivity contribution >= 4 is 17.7 Å². The maximum absolute atomic E-state index is 10.6. The third-order valence-electron chi connectivity index (χ3n) is 2.10. The van der Waals surface area contributed by atoms with Crippen molar-refractivity contribution in [3.05, 3.63) is 47.7 Å². The zero-order valence-corrected chi connectivity index (χ0v) is 9.45. The summed E-state index contributed by atoms with van der Waals surface area (Å²) in [6.07, 6.45) is 0. The van der Waals surface area contributed by atoms with Gasteiger partial charge in [0.15, 0.2) is 5.09 Å². The highest BCUT2D eigenvalue weighted by Gasteiger charge is 2.10. The Morgan fingerprint density at radius 3 is 2.62 bits per heavy atom. The summed E-state index contributed by atoms with van der Waals surface area (Å²) in [6.45, 7) is 2.00. The van der Waals surface area contributed by atoms with Gasteiger partial charge in [0.05, 0.1) is 0 Å². The summed E-state index contributed by atoms with van der Waals surface area (Å²) >= 11 is 1.42. The number of benzene rings is 1. The second kappa shape index (κ2) is 4.45. The van der Waals surface area contributed by atoms with E-state index in [1.165, 1.54) is 17.8 Å². The first kappa shape index (κ1) is 10.8. The molecule has 0 saturated carbocycles. The molecule has 1 heterocycles. The lowest BCUT2D eigenvalue weighted by atomic mass is 10.2. The van der Waals surface area contributed by atoms with Gasteiger partial charge in [0.25, 0.3) is 0 Å². The Hall–Kier alpha value is -1.68. The second-order valence-corrected chi connectivity index (χ2v) is 4.34. The summed E-state index contributed by atoms with van der Waals surface area (Å²) in [5.74, 6) is -1.08. The number of aromatic carboxylic acids is 1. The molecule has 3 nitrogen and oxygen atoms in total. The number of furan rings is 1. The molecular formula is C12H10O3S. The Morgan fingerprint density at radius 2 is 2.00 bits per heavy atom. The molecule has 0 radical (unpaired) electrons. The van der Waals surface area contributed by atoms with Crippen molar-refractivity contribution in [2.45, 2.75) is 16.9 Å². The van der Waals surface area contributed by atoms with Crippen molar-refractivity contribution in [3.8, 4) is 0 Å². The van der Waals surface area contributed by atoms with Crippen molar-refractivity contribution < 1.29 is 14.3 Å². The van der Waals surface area contributed by atoms with Crippen LogP contribution in [0, 0.1) is 6.92 Å². The van der Waals surface area contributed by atoms with Crippen LogP contribution < -0.4 is 0 Å². The Kier molecular flexibility index (Phi) is 3.01. The molecule has 0 saturated heterocycles. The third-order valence-corrected chi connectivity index (χ3v) is 3.19. The normalized spacial score (nSPS) is 10.3. The fourth-order valence-electron chi connectivity index (χ4n) is 1.27. The average Bonchev–Trinajstić information content (AvgIpc) is 2.70. The van der Waals surface area contributed by atoms with Crippen LogP contribution in [0.1, 0.15) is 16.1 Å². The van der Waals surface area contributed by atoms with Crippen molar-refractivity contribution in [2.24, 2.45) is 0 Å². The summed E-state index contributed by atoms with van der Waals surface area (Å²) in [6, 6.07) is 11.0. The lowest BCUT2D eigenvalue weighted by Gasteiger charge is -2.01. The highest BCUT2D eigenvalue weighted by atomic mass is 32.2. The van der Waals surface area contributed by atoms with E-state index in [1.54, 1.807) is 6.07 Å². The highest BCUT2D eigenvalue weighted by molar-refractivity contribution is 7.99. The van der Waals surface area contributed by atoms with E-state index in [2.05, 4.69) is 0 Å². The van der Waals surface area contributed by atoms with E-state index >= 15 is 0 Å². The number of carboxylic acid groups (broad SMARTS) is 1. The van der Waals surface area contributed by atoms with Gasteiger partial charge in [0, 0.05) is 4.90 Å². The number of aryl methyl sites for hydroxylation is 1. The molecule has 0 aliphatic heterocycles. The van der Waals surface area contributed by atoms with Crippen LogP contribution in [0.5, 0.6) is 0 Å². The van der Waals surface area contributed by atoms with E-state index in [9.17, 15) is 4.79 Å². The lowest BCUT2D eigenvalue weighted by molar-refractivity contribution is 0.0656. The van der Waals surface area contributed by atoms with Gasteiger partial charge in [-0.25, -0.2) is 4.79 Å². The second-order valence-electron chi connectivity index (χ2n) is 3.29. The van der Waals surface area contributed by atoms with Crippen LogP contribution in [0.2, 0.25) is 0 Å². The average molecular weight is 234 g/mol. The molecule has 0 amide bonds. The summed E-state index contributed by atoms with van der Waals surface area (Å²) in [5.41, 5.74) is 1.14. The molecule has 4 heteroatoms. The molecule has 1 aromatic heterocycles. The minimum absolute atomic E-state index is 0.0314. The Morgan fingerprint density at radius 1 is 1.25 bits per heavy atom. The van der Waals surface area contributed by atoms with E-state index in [1.807, 2.05) is 31.2 Å². The van der Waals surface area contributed by atoms with Crippen LogP contribution in [0.15, 0.2) is 50.8 Å². The zero-order chi connectivity index (χ0) is 11.5. The van der Waals surface area contributed by atoms with Crippen molar-refractivity contribution in [1.29, 1.82) is 0 Å². The highest BCUT2D eigenvalue weighted by Crippen LogP contribution is 2.31. The molecule has 1 N–H and O–H groups in total. The number of hydrogen-bond donors (Lipinski definition) is 1. The molecule has 0 unspecified atom stereocenters. The Bertz CT molecular complexity index is 516. The van der Waals surface area contributed by atoms with Crippen LogP contribution in [0.25, 0.3) is 0 Å². The van der Waals surface area contributed by atoms with Crippen LogP contribution >= 0.6 is 11.8 Å². The predicted molar refractivity (Wildman–Crippen MR) is 61.0 cm³/mol. The maximum Gasteiger partial charge on any atom is 0.371 e.